The summed E-state index contributed by atoms with van der Waals surface area (Å²) in [5.74, 6) is -1.25. The lowest BCUT2D eigenvalue weighted by Gasteiger charge is -2.18. The maximum absolute atomic E-state index is 13.6. The van der Waals surface area contributed by atoms with Crippen molar-refractivity contribution in [1.82, 2.24) is 0 Å². The lowest BCUT2D eigenvalue weighted by Crippen LogP contribution is -2.23. The van der Waals surface area contributed by atoms with Crippen molar-refractivity contribution in [3.8, 4) is 16.9 Å². The van der Waals surface area contributed by atoms with Gasteiger partial charge in [0.15, 0.2) is 5.78 Å². The zero-order chi connectivity index (χ0) is 21.8. The number of carbonyl (C=O) groups is 1. The lowest BCUT2D eigenvalue weighted by molar-refractivity contribution is -0.274. The Hall–Kier alpha value is -2.85. The number of alkyl halides is 3. The van der Waals surface area contributed by atoms with E-state index in [-0.39, 0.29) is 10.9 Å². The summed E-state index contributed by atoms with van der Waals surface area (Å²) in [6.45, 7) is 5.35. The van der Waals surface area contributed by atoms with Gasteiger partial charge in [0.1, 0.15) is 13.6 Å². The molecule has 3 aromatic carbocycles. The van der Waals surface area contributed by atoms with Crippen LogP contribution in [0.5, 0.6) is 5.75 Å². The number of halogens is 3. The molecule has 0 radical (unpaired) electrons. The summed E-state index contributed by atoms with van der Waals surface area (Å²) >= 11 is 0. The van der Waals surface area contributed by atoms with Crippen molar-refractivity contribution in [3.63, 3.8) is 0 Å². The molecule has 7 heteroatoms. The second-order valence-electron chi connectivity index (χ2n) is 7.39. The van der Waals surface area contributed by atoms with Crippen molar-refractivity contribution >= 4 is 24.2 Å². The number of carbonyl (C=O) groups excluding carboxylic acids is 1. The van der Waals surface area contributed by atoms with Crippen molar-refractivity contribution < 1.29 is 27.3 Å². The topological polar surface area (TPSA) is 43.4 Å². The third kappa shape index (κ3) is 3.35. The van der Waals surface area contributed by atoms with Gasteiger partial charge in [-0.25, -0.2) is 0 Å². The Labute approximate surface area is 172 Å². The van der Waals surface area contributed by atoms with Crippen molar-refractivity contribution in [2.24, 2.45) is 0 Å². The number of hydrogen-bond acceptors (Lipinski definition) is 3. The third-order valence-electron chi connectivity index (χ3n) is 5.21. The van der Waals surface area contributed by atoms with Crippen LogP contribution in [0.4, 0.5) is 13.2 Å². The highest BCUT2D eigenvalue weighted by molar-refractivity contribution is 7.63. The van der Waals surface area contributed by atoms with Gasteiger partial charge in [0.25, 0.3) is 0 Å². The Kier molecular flexibility index (Phi) is 4.86. The van der Waals surface area contributed by atoms with Crippen LogP contribution in [-0.4, -0.2) is 12.1 Å². The van der Waals surface area contributed by atoms with Gasteiger partial charge in [0, 0.05) is 16.2 Å². The first kappa shape index (κ1) is 20.4. The first-order chi connectivity index (χ1) is 14.1. The minimum Gasteiger partial charge on any atom is -0.405 e. The Morgan fingerprint density at radius 2 is 1.53 bits per heavy atom. The number of aryl methyl sites for hydroxylation is 3. The molecule has 0 bridgehead atoms. The number of rotatable bonds is 3. The third-order valence-corrected chi connectivity index (χ3v) is 7.11. The number of ether oxygens (including phenoxy) is 1. The van der Waals surface area contributed by atoms with Crippen LogP contribution in [-0.2, 0) is 4.57 Å². The highest BCUT2D eigenvalue weighted by atomic mass is 31.1. The number of fused-ring (bicyclic) bond motifs is 3. The zero-order valence-electron chi connectivity index (χ0n) is 16.5. The smallest absolute Gasteiger partial charge is 0.405 e. The summed E-state index contributed by atoms with van der Waals surface area (Å²) in [6, 6.07) is 13.1. The van der Waals surface area contributed by atoms with E-state index < -0.39 is 25.7 Å². The largest absolute Gasteiger partial charge is 0.573 e. The zero-order valence-corrected chi connectivity index (χ0v) is 17.5. The average molecular weight is 430 g/mol. The summed E-state index contributed by atoms with van der Waals surface area (Å²) in [4.78, 5) is 13.6. The van der Waals surface area contributed by atoms with Gasteiger partial charge in [-0.05, 0) is 55.2 Å². The maximum Gasteiger partial charge on any atom is 0.573 e. The first-order valence-electron chi connectivity index (χ1n) is 9.28. The fourth-order valence-electron chi connectivity index (χ4n) is 4.19. The molecule has 0 N–H and O–H groups in total. The summed E-state index contributed by atoms with van der Waals surface area (Å²) in [5.41, 5.74) is 3.42. The van der Waals surface area contributed by atoms with E-state index >= 15 is 0 Å². The van der Waals surface area contributed by atoms with Crippen LogP contribution in [0.1, 0.15) is 32.6 Å². The van der Waals surface area contributed by atoms with Gasteiger partial charge in [-0.1, -0.05) is 42.0 Å². The number of benzene rings is 3. The molecule has 1 aliphatic heterocycles. The molecule has 0 spiro atoms. The minimum atomic E-state index is -4.98. The van der Waals surface area contributed by atoms with Gasteiger partial charge in [0.05, 0.1) is 5.56 Å². The van der Waals surface area contributed by atoms with Crippen molar-refractivity contribution in [3.05, 3.63) is 76.3 Å². The number of ketones is 1. The second-order valence-corrected chi connectivity index (χ2v) is 9.08. The molecule has 30 heavy (non-hydrogen) atoms. The average Bonchev–Trinajstić information content (AvgIpc) is 2.92. The fourth-order valence-corrected chi connectivity index (χ4v) is 6.10. The molecule has 0 aliphatic carbocycles. The van der Waals surface area contributed by atoms with Gasteiger partial charge in [-0.3, -0.25) is 4.79 Å². The first-order valence-corrected chi connectivity index (χ1v) is 10.7. The SMILES string of the molecule is Cc1cc(C)c(C(=O)c2c(OC(F)(F)F)ccc3c2[PH](=O)c2ccccc2-3)c(C)c1. The molecule has 154 valence electrons. The van der Waals surface area contributed by atoms with E-state index in [0.717, 1.165) is 11.6 Å². The van der Waals surface area contributed by atoms with E-state index in [1.54, 1.807) is 50.2 Å². The summed E-state index contributed by atoms with van der Waals surface area (Å²) in [5, 5.41) is 0.667. The van der Waals surface area contributed by atoms with E-state index in [1.165, 1.54) is 6.07 Å². The highest BCUT2D eigenvalue weighted by Gasteiger charge is 2.38. The molecule has 1 unspecified atom stereocenters. The van der Waals surface area contributed by atoms with E-state index in [1.807, 2.05) is 6.92 Å². The molecule has 0 fully saturated rings. The van der Waals surface area contributed by atoms with Crippen LogP contribution in [0.2, 0.25) is 0 Å². The van der Waals surface area contributed by atoms with Crippen LogP contribution in [0.15, 0.2) is 48.5 Å². The lowest BCUT2D eigenvalue weighted by atomic mass is 9.91. The predicted molar refractivity (Wildman–Crippen MR) is 111 cm³/mol. The standard InChI is InChI=1S/C23H18F3O3P/c1-12-10-13(2)19(14(3)11-12)21(27)20-17(29-23(24,25)26)9-8-16-15-6-4-5-7-18(15)30(28)22(16)20/h4-11,30H,1-3H3. The normalized spacial score (nSPS) is 14.9. The molecule has 0 amide bonds. The Balaban J connectivity index is 2.01. The molecular formula is C23H18F3O3P. The molecule has 1 heterocycles. The molecule has 3 aromatic rings. The highest BCUT2D eigenvalue weighted by Crippen LogP contribution is 2.43. The van der Waals surface area contributed by atoms with E-state index in [9.17, 15) is 22.5 Å². The Morgan fingerprint density at radius 3 is 2.17 bits per heavy atom. The maximum atomic E-state index is 13.6. The molecule has 3 nitrogen and oxygen atoms in total. The fraction of sp³-hybridized carbons (Fsp3) is 0.174. The van der Waals surface area contributed by atoms with Crippen LogP contribution in [0.3, 0.4) is 0 Å². The number of hydrogen-bond donors (Lipinski definition) is 0. The molecular weight excluding hydrogens is 412 g/mol. The van der Waals surface area contributed by atoms with Crippen LogP contribution < -0.4 is 15.3 Å². The summed E-state index contributed by atoms with van der Waals surface area (Å²) in [6.07, 6.45) is -4.98. The minimum absolute atomic E-state index is 0.132. The predicted octanol–water partition coefficient (Wildman–Crippen LogP) is 5.23. The van der Waals surface area contributed by atoms with Gasteiger partial charge >= 0.3 is 6.36 Å². The molecule has 1 aliphatic rings. The molecule has 4 rings (SSSR count). The Bertz CT molecular complexity index is 1210. The summed E-state index contributed by atoms with van der Waals surface area (Å²) < 4.78 is 56.8. The van der Waals surface area contributed by atoms with Crippen LogP contribution in [0, 0.1) is 20.8 Å². The van der Waals surface area contributed by atoms with E-state index in [4.69, 9.17) is 0 Å². The van der Waals surface area contributed by atoms with Gasteiger partial charge in [0.2, 0.25) is 0 Å². The van der Waals surface area contributed by atoms with E-state index in [0.29, 0.717) is 33.1 Å². The molecule has 0 saturated carbocycles. The van der Waals surface area contributed by atoms with Gasteiger partial charge in [-0.15, -0.1) is 13.2 Å². The quantitative estimate of drug-likeness (QED) is 0.330. The van der Waals surface area contributed by atoms with Crippen molar-refractivity contribution in [1.29, 1.82) is 0 Å². The monoisotopic (exact) mass is 430 g/mol. The van der Waals surface area contributed by atoms with Crippen LogP contribution >= 0.6 is 7.80 Å². The van der Waals surface area contributed by atoms with Gasteiger partial charge < -0.3 is 9.30 Å². The van der Waals surface area contributed by atoms with Crippen molar-refractivity contribution in [2.75, 3.05) is 0 Å². The van der Waals surface area contributed by atoms with Gasteiger partial charge in [-0.2, -0.15) is 0 Å². The van der Waals surface area contributed by atoms with Crippen molar-refractivity contribution in [2.45, 2.75) is 27.1 Å². The summed E-state index contributed by atoms with van der Waals surface area (Å²) in [7, 11) is -2.68. The van der Waals surface area contributed by atoms with Crippen LogP contribution in [0.25, 0.3) is 11.1 Å². The molecule has 0 saturated heterocycles. The Morgan fingerprint density at radius 1 is 0.900 bits per heavy atom. The molecule has 1 atom stereocenters. The molecule has 0 aromatic heterocycles. The van der Waals surface area contributed by atoms with E-state index in [2.05, 4.69) is 4.74 Å². The second kappa shape index (κ2) is 7.13.